The molecule has 0 amide bonds. The van der Waals surface area contributed by atoms with Crippen LogP contribution in [0.25, 0.3) is 11.0 Å². The van der Waals surface area contributed by atoms with Crippen LogP contribution in [0, 0.1) is 0 Å². The average molecular weight is 268 g/mol. The molecule has 0 radical (unpaired) electrons. The molecule has 1 atom stereocenters. The van der Waals surface area contributed by atoms with E-state index in [4.69, 9.17) is 5.73 Å². The summed E-state index contributed by atoms with van der Waals surface area (Å²) in [5, 5.41) is 0. The van der Waals surface area contributed by atoms with Gasteiger partial charge in [-0.05, 0) is 37.5 Å². The molecule has 4 heteroatoms. The van der Waals surface area contributed by atoms with Crippen molar-refractivity contribution in [2.45, 2.75) is 25.8 Å². The molecule has 0 fully saturated rings. The van der Waals surface area contributed by atoms with Gasteiger partial charge < -0.3 is 10.7 Å². The lowest BCUT2D eigenvalue weighted by Gasteiger charge is -2.07. The Hall–Kier alpha value is -0.870. The standard InChI is InChI=1S/C11H14BrN3/c1-7(13)2-3-8-4-10-11(5-9(8)12)15-6-14-10/h4-7H,2-3,13H2,1H3,(H,14,15). The highest BCUT2D eigenvalue weighted by Crippen LogP contribution is 2.23. The van der Waals surface area contributed by atoms with Crippen molar-refractivity contribution in [3.63, 3.8) is 0 Å². The van der Waals surface area contributed by atoms with Gasteiger partial charge in [0.25, 0.3) is 0 Å². The Bertz CT molecular complexity index is 462. The molecule has 1 aromatic carbocycles. The minimum atomic E-state index is 0.245. The lowest BCUT2D eigenvalue weighted by atomic mass is 10.1. The fourth-order valence-corrected chi connectivity index (χ4v) is 2.11. The van der Waals surface area contributed by atoms with E-state index in [0.717, 1.165) is 28.3 Å². The third-order valence-corrected chi connectivity index (χ3v) is 3.20. The number of aromatic amines is 1. The van der Waals surface area contributed by atoms with Crippen molar-refractivity contribution in [3.8, 4) is 0 Å². The van der Waals surface area contributed by atoms with Crippen LogP contribution in [-0.4, -0.2) is 16.0 Å². The first-order chi connectivity index (χ1) is 7.16. The number of nitrogens with zero attached hydrogens (tertiary/aromatic N) is 1. The zero-order valence-corrected chi connectivity index (χ0v) is 10.2. The summed E-state index contributed by atoms with van der Waals surface area (Å²) in [6.45, 7) is 2.03. The van der Waals surface area contributed by atoms with Crippen LogP contribution in [0.4, 0.5) is 0 Å². The van der Waals surface area contributed by atoms with Gasteiger partial charge in [-0.1, -0.05) is 15.9 Å². The summed E-state index contributed by atoms with van der Waals surface area (Å²) in [6.07, 6.45) is 3.71. The first-order valence-corrected chi connectivity index (χ1v) is 5.83. The largest absolute Gasteiger partial charge is 0.345 e. The smallest absolute Gasteiger partial charge is 0.0931 e. The Morgan fingerprint density at radius 1 is 1.53 bits per heavy atom. The van der Waals surface area contributed by atoms with E-state index in [0.29, 0.717) is 0 Å². The van der Waals surface area contributed by atoms with Crippen LogP contribution in [-0.2, 0) is 6.42 Å². The van der Waals surface area contributed by atoms with Crippen molar-refractivity contribution in [2.75, 3.05) is 0 Å². The molecule has 80 valence electrons. The van der Waals surface area contributed by atoms with Crippen molar-refractivity contribution >= 4 is 27.0 Å². The normalized spacial score (nSPS) is 13.3. The van der Waals surface area contributed by atoms with Crippen LogP contribution in [0.15, 0.2) is 22.9 Å². The molecule has 0 aliphatic heterocycles. The van der Waals surface area contributed by atoms with E-state index in [9.17, 15) is 0 Å². The van der Waals surface area contributed by atoms with Crippen LogP contribution in [0.3, 0.4) is 0 Å². The van der Waals surface area contributed by atoms with E-state index >= 15 is 0 Å². The van der Waals surface area contributed by atoms with Gasteiger partial charge in [0, 0.05) is 10.5 Å². The quantitative estimate of drug-likeness (QED) is 0.899. The van der Waals surface area contributed by atoms with Gasteiger partial charge in [-0.15, -0.1) is 0 Å². The minimum Gasteiger partial charge on any atom is -0.345 e. The van der Waals surface area contributed by atoms with Crippen LogP contribution < -0.4 is 5.73 Å². The Morgan fingerprint density at radius 2 is 2.33 bits per heavy atom. The van der Waals surface area contributed by atoms with Gasteiger partial charge >= 0.3 is 0 Å². The van der Waals surface area contributed by atoms with Gasteiger partial charge in [-0.2, -0.15) is 0 Å². The average Bonchev–Trinajstić information content (AvgIpc) is 2.60. The maximum Gasteiger partial charge on any atom is 0.0931 e. The number of H-pyrrole nitrogens is 1. The summed E-state index contributed by atoms with van der Waals surface area (Å²) >= 11 is 3.56. The van der Waals surface area contributed by atoms with E-state index in [-0.39, 0.29) is 6.04 Å². The predicted octanol–water partition coefficient (Wildman–Crippen LogP) is 2.61. The van der Waals surface area contributed by atoms with Crippen LogP contribution >= 0.6 is 15.9 Å². The molecule has 15 heavy (non-hydrogen) atoms. The van der Waals surface area contributed by atoms with Crippen molar-refractivity contribution in [2.24, 2.45) is 5.73 Å². The van der Waals surface area contributed by atoms with Gasteiger partial charge in [0.2, 0.25) is 0 Å². The van der Waals surface area contributed by atoms with Gasteiger partial charge in [-0.25, -0.2) is 4.98 Å². The fraction of sp³-hybridized carbons (Fsp3) is 0.364. The number of nitrogens with two attached hydrogens (primary N) is 1. The topological polar surface area (TPSA) is 54.7 Å². The number of fused-ring (bicyclic) bond motifs is 1. The lowest BCUT2D eigenvalue weighted by Crippen LogP contribution is -2.15. The second-order valence-corrected chi connectivity index (χ2v) is 4.73. The summed E-state index contributed by atoms with van der Waals surface area (Å²) in [5.74, 6) is 0. The molecule has 0 aliphatic carbocycles. The summed E-state index contributed by atoms with van der Waals surface area (Å²) in [4.78, 5) is 7.32. The fourth-order valence-electron chi connectivity index (χ4n) is 1.58. The third-order valence-electron chi connectivity index (χ3n) is 2.46. The summed E-state index contributed by atoms with van der Waals surface area (Å²) in [6, 6.07) is 4.42. The first-order valence-electron chi connectivity index (χ1n) is 5.04. The molecule has 0 saturated carbocycles. The van der Waals surface area contributed by atoms with Crippen LogP contribution in [0.5, 0.6) is 0 Å². The molecule has 0 aliphatic rings. The third kappa shape index (κ3) is 2.38. The van der Waals surface area contributed by atoms with Crippen LogP contribution in [0.1, 0.15) is 18.9 Å². The summed E-state index contributed by atoms with van der Waals surface area (Å²) in [7, 11) is 0. The molecule has 2 rings (SSSR count). The molecular weight excluding hydrogens is 254 g/mol. The molecule has 1 aromatic heterocycles. The van der Waals surface area contributed by atoms with E-state index in [2.05, 4.69) is 32.0 Å². The van der Waals surface area contributed by atoms with Crippen molar-refractivity contribution < 1.29 is 0 Å². The lowest BCUT2D eigenvalue weighted by molar-refractivity contribution is 0.665. The van der Waals surface area contributed by atoms with Crippen LogP contribution in [0.2, 0.25) is 0 Å². The highest BCUT2D eigenvalue weighted by atomic mass is 79.9. The molecule has 1 heterocycles. The number of benzene rings is 1. The minimum absolute atomic E-state index is 0.245. The molecule has 3 nitrogen and oxygen atoms in total. The Labute approximate surface area is 97.2 Å². The molecule has 2 aromatic rings. The van der Waals surface area contributed by atoms with Crippen molar-refractivity contribution in [1.82, 2.24) is 9.97 Å². The highest BCUT2D eigenvalue weighted by molar-refractivity contribution is 9.10. The SMILES string of the molecule is CC(N)CCc1cc2[nH]cnc2cc1Br. The van der Waals surface area contributed by atoms with Crippen molar-refractivity contribution in [1.29, 1.82) is 0 Å². The Kier molecular flexibility index (Phi) is 3.07. The second-order valence-electron chi connectivity index (χ2n) is 3.88. The molecule has 0 bridgehead atoms. The zero-order valence-electron chi connectivity index (χ0n) is 8.63. The maximum atomic E-state index is 5.75. The Balaban J connectivity index is 2.29. The van der Waals surface area contributed by atoms with E-state index in [1.807, 2.05) is 13.0 Å². The number of aryl methyl sites for hydroxylation is 1. The van der Waals surface area contributed by atoms with Gasteiger partial charge in [0.15, 0.2) is 0 Å². The Morgan fingerprint density at radius 3 is 3.07 bits per heavy atom. The second kappa shape index (κ2) is 4.33. The van der Waals surface area contributed by atoms with Crippen molar-refractivity contribution in [3.05, 3.63) is 28.5 Å². The van der Waals surface area contributed by atoms with Gasteiger partial charge in [-0.3, -0.25) is 0 Å². The first kappa shape index (κ1) is 10.6. The summed E-state index contributed by atoms with van der Waals surface area (Å²) < 4.78 is 1.11. The monoisotopic (exact) mass is 267 g/mol. The number of nitrogens with one attached hydrogen (secondary N) is 1. The number of halogens is 1. The number of rotatable bonds is 3. The highest BCUT2D eigenvalue weighted by Gasteiger charge is 2.05. The van der Waals surface area contributed by atoms with E-state index in [1.165, 1.54) is 5.56 Å². The predicted molar refractivity (Wildman–Crippen MR) is 65.8 cm³/mol. The number of hydrogen-bond donors (Lipinski definition) is 2. The zero-order chi connectivity index (χ0) is 10.8. The molecule has 0 spiro atoms. The number of imidazole rings is 1. The number of hydrogen-bond acceptors (Lipinski definition) is 2. The van der Waals surface area contributed by atoms with Gasteiger partial charge in [0.1, 0.15) is 0 Å². The molecular formula is C11H14BrN3. The summed E-state index contributed by atoms with van der Waals surface area (Å²) in [5.41, 5.74) is 9.10. The van der Waals surface area contributed by atoms with E-state index < -0.39 is 0 Å². The van der Waals surface area contributed by atoms with Gasteiger partial charge in [0.05, 0.1) is 17.4 Å². The molecule has 3 N–H and O–H groups in total. The number of aromatic nitrogens is 2. The maximum absolute atomic E-state index is 5.75. The van der Waals surface area contributed by atoms with E-state index in [1.54, 1.807) is 6.33 Å². The molecule has 0 saturated heterocycles. The molecule has 1 unspecified atom stereocenters.